The van der Waals surface area contributed by atoms with Crippen LogP contribution in [0.2, 0.25) is 0 Å². The molecular weight excluding hydrogens is 284 g/mol. The summed E-state index contributed by atoms with van der Waals surface area (Å²) in [5.74, 6) is -0.370. The van der Waals surface area contributed by atoms with Gasteiger partial charge >= 0.3 is 5.97 Å². The van der Waals surface area contributed by atoms with Crippen LogP contribution in [0.3, 0.4) is 0 Å². The molecule has 0 fully saturated rings. The summed E-state index contributed by atoms with van der Waals surface area (Å²) < 4.78 is 10.3. The average Bonchev–Trinajstić information content (AvgIpc) is 2.34. The van der Waals surface area contributed by atoms with Gasteiger partial charge in [0, 0.05) is 11.9 Å². The van der Waals surface area contributed by atoms with Crippen LogP contribution in [0.5, 0.6) is 0 Å². The molecule has 0 aromatic heterocycles. The zero-order valence-corrected chi connectivity index (χ0v) is 12.7. The van der Waals surface area contributed by atoms with E-state index in [0.717, 1.165) is 18.2 Å². The number of halogens is 1. The fraction of sp³-hybridized carbons (Fsp3) is 0.769. The van der Waals surface area contributed by atoms with E-state index in [1.807, 2.05) is 20.8 Å². The number of carbonyl (C=O) groups is 1. The van der Waals surface area contributed by atoms with E-state index in [2.05, 4.69) is 22.0 Å². The van der Waals surface area contributed by atoms with E-state index in [4.69, 9.17) is 9.47 Å². The van der Waals surface area contributed by atoms with Crippen molar-refractivity contribution in [3.63, 3.8) is 0 Å². The molecule has 0 aliphatic heterocycles. The number of rotatable bonds is 8. The molecule has 0 saturated heterocycles. The molecule has 0 radical (unpaired) electrons. The average molecular weight is 307 g/mol. The van der Waals surface area contributed by atoms with Gasteiger partial charge in [0.2, 0.25) is 0 Å². The summed E-state index contributed by atoms with van der Waals surface area (Å²) in [6, 6.07) is 0. The quantitative estimate of drug-likeness (QED) is 0.392. The monoisotopic (exact) mass is 306 g/mol. The number of hydrogen-bond donors (Lipinski definition) is 0. The van der Waals surface area contributed by atoms with Gasteiger partial charge in [0.25, 0.3) is 0 Å². The fourth-order valence-electron chi connectivity index (χ4n) is 1.70. The van der Waals surface area contributed by atoms with Crippen molar-refractivity contribution < 1.29 is 14.3 Å². The highest BCUT2D eigenvalue weighted by molar-refractivity contribution is 9.09. The third-order valence-electron chi connectivity index (χ3n) is 2.86. The minimum atomic E-state index is -0.186. The van der Waals surface area contributed by atoms with Gasteiger partial charge in [-0.15, -0.1) is 0 Å². The molecule has 0 amide bonds. The number of allylic oxidation sites excluding steroid dienone is 2. The largest absolute Gasteiger partial charge is 0.469 e. The third-order valence-corrected chi connectivity index (χ3v) is 3.58. The van der Waals surface area contributed by atoms with E-state index in [1.165, 1.54) is 12.7 Å². The van der Waals surface area contributed by atoms with Gasteiger partial charge in [-0.05, 0) is 33.6 Å². The number of esters is 1. The van der Waals surface area contributed by atoms with Gasteiger partial charge in [-0.2, -0.15) is 0 Å². The molecule has 0 bridgehead atoms. The molecule has 17 heavy (non-hydrogen) atoms. The highest BCUT2D eigenvalue weighted by Gasteiger charge is 2.26. The Kier molecular flexibility index (Phi) is 9.46. The van der Waals surface area contributed by atoms with Gasteiger partial charge in [0.05, 0.1) is 19.1 Å². The second kappa shape index (κ2) is 9.66. The molecule has 4 heteroatoms. The molecule has 0 heterocycles. The van der Waals surface area contributed by atoms with Gasteiger partial charge in [-0.3, -0.25) is 4.79 Å². The maximum absolute atomic E-state index is 11.7. The minimum absolute atomic E-state index is 0.0964. The maximum Gasteiger partial charge on any atom is 0.311 e. The van der Waals surface area contributed by atoms with Gasteiger partial charge in [-0.1, -0.05) is 27.6 Å². The molecule has 0 rings (SSSR count). The molecule has 0 aliphatic rings. The predicted octanol–water partition coefficient (Wildman–Crippen LogP) is 3.32. The SMILES string of the molecule is C/C=C(/CBr)CCC(C(=O)OC)C(C)OCC. The number of hydrogen-bond acceptors (Lipinski definition) is 3. The molecule has 2 atom stereocenters. The van der Waals surface area contributed by atoms with Crippen LogP contribution < -0.4 is 0 Å². The van der Waals surface area contributed by atoms with Gasteiger partial charge in [0.1, 0.15) is 0 Å². The molecule has 0 aromatic rings. The normalized spacial score (nSPS) is 15.5. The predicted molar refractivity (Wildman–Crippen MR) is 73.4 cm³/mol. The van der Waals surface area contributed by atoms with Crippen LogP contribution in [0.15, 0.2) is 11.6 Å². The number of alkyl halides is 1. The van der Waals surface area contributed by atoms with Crippen molar-refractivity contribution in [3.8, 4) is 0 Å². The van der Waals surface area contributed by atoms with Crippen molar-refractivity contribution in [2.24, 2.45) is 5.92 Å². The number of carbonyl (C=O) groups excluding carboxylic acids is 1. The van der Waals surface area contributed by atoms with Crippen molar-refractivity contribution in [2.45, 2.75) is 39.7 Å². The lowest BCUT2D eigenvalue weighted by Crippen LogP contribution is -2.29. The molecule has 3 nitrogen and oxygen atoms in total. The Morgan fingerprint density at radius 1 is 1.47 bits per heavy atom. The standard InChI is InChI=1S/C13H23BrO3/c1-5-11(9-14)7-8-12(13(15)16-4)10(3)17-6-2/h5,10,12H,6-9H2,1-4H3/b11-5+. The Morgan fingerprint density at radius 2 is 2.12 bits per heavy atom. The van der Waals surface area contributed by atoms with E-state index in [1.54, 1.807) is 0 Å². The molecule has 0 saturated carbocycles. The topological polar surface area (TPSA) is 35.5 Å². The van der Waals surface area contributed by atoms with Crippen LogP contribution in [-0.4, -0.2) is 31.1 Å². The van der Waals surface area contributed by atoms with E-state index in [-0.39, 0.29) is 18.0 Å². The number of ether oxygens (including phenoxy) is 2. The first kappa shape index (κ1) is 16.6. The third kappa shape index (κ3) is 6.22. The van der Waals surface area contributed by atoms with E-state index < -0.39 is 0 Å². The first-order valence-electron chi connectivity index (χ1n) is 6.00. The summed E-state index contributed by atoms with van der Waals surface area (Å²) in [6.45, 7) is 6.48. The van der Waals surface area contributed by atoms with Crippen molar-refractivity contribution in [2.75, 3.05) is 19.0 Å². The molecule has 0 N–H and O–H groups in total. The lowest BCUT2D eigenvalue weighted by atomic mass is 9.95. The maximum atomic E-state index is 11.7. The van der Waals surface area contributed by atoms with Crippen molar-refractivity contribution in [1.29, 1.82) is 0 Å². The van der Waals surface area contributed by atoms with Gasteiger partial charge in [-0.25, -0.2) is 0 Å². The van der Waals surface area contributed by atoms with E-state index in [0.29, 0.717) is 6.61 Å². The lowest BCUT2D eigenvalue weighted by Gasteiger charge is -2.21. The fourth-order valence-corrected chi connectivity index (χ4v) is 2.31. The van der Waals surface area contributed by atoms with Crippen LogP contribution in [0, 0.1) is 5.92 Å². The summed E-state index contributed by atoms with van der Waals surface area (Å²) in [6.07, 6.45) is 3.63. The highest BCUT2D eigenvalue weighted by atomic mass is 79.9. The van der Waals surface area contributed by atoms with Crippen LogP contribution in [0.25, 0.3) is 0 Å². The molecule has 100 valence electrons. The Balaban J connectivity index is 4.44. The second-order valence-corrected chi connectivity index (χ2v) is 4.47. The lowest BCUT2D eigenvalue weighted by molar-refractivity contribution is -0.150. The van der Waals surface area contributed by atoms with Gasteiger partial charge in [0.15, 0.2) is 0 Å². The molecule has 0 spiro atoms. The number of methoxy groups -OCH3 is 1. The van der Waals surface area contributed by atoms with E-state index in [9.17, 15) is 4.79 Å². The summed E-state index contributed by atoms with van der Waals surface area (Å²) in [7, 11) is 1.43. The van der Waals surface area contributed by atoms with Gasteiger partial charge < -0.3 is 9.47 Å². The zero-order chi connectivity index (χ0) is 13.3. The van der Waals surface area contributed by atoms with Crippen LogP contribution >= 0.6 is 15.9 Å². The summed E-state index contributed by atoms with van der Waals surface area (Å²) >= 11 is 3.43. The van der Waals surface area contributed by atoms with Crippen LogP contribution in [0.1, 0.15) is 33.6 Å². The van der Waals surface area contributed by atoms with Crippen molar-refractivity contribution >= 4 is 21.9 Å². The first-order chi connectivity index (χ1) is 8.10. The second-order valence-electron chi connectivity index (χ2n) is 3.91. The molecule has 0 aromatic carbocycles. The molecular formula is C13H23BrO3. The van der Waals surface area contributed by atoms with Crippen molar-refractivity contribution in [3.05, 3.63) is 11.6 Å². The first-order valence-corrected chi connectivity index (χ1v) is 7.12. The Bertz CT molecular complexity index is 251. The Hall–Kier alpha value is -0.350. The summed E-state index contributed by atoms with van der Waals surface area (Å²) in [5, 5.41) is 0.848. The molecule has 2 unspecified atom stereocenters. The smallest absolute Gasteiger partial charge is 0.311 e. The van der Waals surface area contributed by atoms with E-state index >= 15 is 0 Å². The zero-order valence-electron chi connectivity index (χ0n) is 11.2. The summed E-state index contributed by atoms with van der Waals surface area (Å²) in [4.78, 5) is 11.7. The highest BCUT2D eigenvalue weighted by Crippen LogP contribution is 2.20. The molecule has 0 aliphatic carbocycles. The Labute approximate surface area is 113 Å². The summed E-state index contributed by atoms with van der Waals surface area (Å²) in [5.41, 5.74) is 1.29. The van der Waals surface area contributed by atoms with Crippen LogP contribution in [0.4, 0.5) is 0 Å². The van der Waals surface area contributed by atoms with Crippen LogP contribution in [-0.2, 0) is 14.3 Å². The Morgan fingerprint density at radius 3 is 2.53 bits per heavy atom. The minimum Gasteiger partial charge on any atom is -0.469 e. The van der Waals surface area contributed by atoms with Crippen molar-refractivity contribution in [1.82, 2.24) is 0 Å².